The predicted octanol–water partition coefficient (Wildman–Crippen LogP) is 3.07. The molecule has 1 aliphatic rings. The molecule has 2 N–H and O–H groups in total. The first-order chi connectivity index (χ1) is 10.1. The second kappa shape index (κ2) is 7.66. The van der Waals surface area contributed by atoms with Gasteiger partial charge in [0.05, 0.1) is 19.3 Å². The molecule has 118 valence electrons. The molecule has 0 aromatic heterocycles. The zero-order valence-corrected chi connectivity index (χ0v) is 12.9. The van der Waals surface area contributed by atoms with Gasteiger partial charge in [-0.05, 0) is 31.4 Å². The maximum absolute atomic E-state index is 10.1. The first kappa shape index (κ1) is 16.1. The van der Waals surface area contributed by atoms with Crippen LogP contribution in [0, 0.1) is 5.92 Å². The molecular formula is C17H26O4. The summed E-state index contributed by atoms with van der Waals surface area (Å²) in [5.41, 5.74) is 0.712. The van der Waals surface area contributed by atoms with E-state index in [4.69, 9.17) is 9.47 Å². The molecule has 2 atom stereocenters. The number of rotatable bonds is 7. The number of benzene rings is 1. The molecule has 4 nitrogen and oxygen atoms in total. The Bertz CT molecular complexity index is 438. The molecule has 0 aliphatic heterocycles. The van der Waals surface area contributed by atoms with Crippen molar-refractivity contribution in [3.05, 3.63) is 23.8 Å². The Balaban J connectivity index is 1.94. The summed E-state index contributed by atoms with van der Waals surface area (Å²) in [5.74, 6) is 1.89. The fourth-order valence-electron chi connectivity index (χ4n) is 3.00. The van der Waals surface area contributed by atoms with Gasteiger partial charge >= 0.3 is 0 Å². The average Bonchev–Trinajstić information content (AvgIpc) is 2.97. The molecule has 0 saturated heterocycles. The summed E-state index contributed by atoms with van der Waals surface area (Å²) in [6.45, 7) is 1.95. The third-order valence-corrected chi connectivity index (χ3v) is 4.18. The Morgan fingerprint density at radius 2 is 1.95 bits per heavy atom. The van der Waals surface area contributed by atoms with Crippen LogP contribution < -0.4 is 9.47 Å². The van der Waals surface area contributed by atoms with Crippen molar-refractivity contribution in [2.24, 2.45) is 5.92 Å². The number of ether oxygens (including phenoxy) is 2. The van der Waals surface area contributed by atoms with Crippen LogP contribution in [0.2, 0.25) is 0 Å². The van der Waals surface area contributed by atoms with Gasteiger partial charge in [-0.15, -0.1) is 0 Å². The summed E-state index contributed by atoms with van der Waals surface area (Å²) in [7, 11) is 1.59. The average molecular weight is 294 g/mol. The third kappa shape index (κ3) is 4.61. The standard InChI is InChI=1S/C17H26O4/c1-12(18)16-8-7-15(20-2)10-17(16)21-11-14(19)9-13-5-3-4-6-13/h7-8,10,12-14,18-19H,3-6,9,11H2,1-2H3/t12-,14?/m1/s1. The van der Waals surface area contributed by atoms with E-state index >= 15 is 0 Å². The highest BCUT2D eigenvalue weighted by Gasteiger charge is 2.20. The highest BCUT2D eigenvalue weighted by molar-refractivity contribution is 5.41. The van der Waals surface area contributed by atoms with E-state index in [0.29, 0.717) is 23.0 Å². The van der Waals surface area contributed by atoms with Crippen molar-refractivity contribution < 1.29 is 19.7 Å². The van der Waals surface area contributed by atoms with E-state index in [0.717, 1.165) is 6.42 Å². The van der Waals surface area contributed by atoms with Gasteiger partial charge in [0.1, 0.15) is 18.1 Å². The largest absolute Gasteiger partial charge is 0.497 e. The molecule has 1 aliphatic carbocycles. The molecule has 4 heteroatoms. The lowest BCUT2D eigenvalue weighted by Crippen LogP contribution is -2.21. The zero-order chi connectivity index (χ0) is 15.2. The fraction of sp³-hybridized carbons (Fsp3) is 0.647. The first-order valence-electron chi connectivity index (χ1n) is 7.77. The summed E-state index contributed by atoms with van der Waals surface area (Å²) in [4.78, 5) is 0. The van der Waals surface area contributed by atoms with Crippen LogP contribution in [0.1, 0.15) is 50.7 Å². The van der Waals surface area contributed by atoms with Crippen molar-refractivity contribution in [1.82, 2.24) is 0 Å². The van der Waals surface area contributed by atoms with Gasteiger partial charge in [0.25, 0.3) is 0 Å². The van der Waals surface area contributed by atoms with E-state index in [1.807, 2.05) is 0 Å². The van der Waals surface area contributed by atoms with Crippen LogP contribution in [0.5, 0.6) is 11.5 Å². The van der Waals surface area contributed by atoms with Crippen LogP contribution in [-0.2, 0) is 0 Å². The van der Waals surface area contributed by atoms with Crippen molar-refractivity contribution in [2.75, 3.05) is 13.7 Å². The molecule has 0 bridgehead atoms. The predicted molar refractivity (Wildman–Crippen MR) is 81.7 cm³/mol. The second-order valence-electron chi connectivity index (χ2n) is 5.93. The molecule has 0 spiro atoms. The minimum Gasteiger partial charge on any atom is -0.497 e. The molecule has 0 radical (unpaired) electrons. The molecule has 1 fully saturated rings. The van der Waals surface area contributed by atoms with E-state index in [1.165, 1.54) is 25.7 Å². The van der Waals surface area contributed by atoms with Gasteiger partial charge in [-0.2, -0.15) is 0 Å². The Kier molecular flexibility index (Phi) is 5.88. The van der Waals surface area contributed by atoms with Gasteiger partial charge in [0.15, 0.2) is 0 Å². The lowest BCUT2D eigenvalue weighted by atomic mass is 10.0. The summed E-state index contributed by atoms with van der Waals surface area (Å²) in [5, 5.41) is 19.9. The number of methoxy groups -OCH3 is 1. The highest BCUT2D eigenvalue weighted by atomic mass is 16.5. The van der Waals surface area contributed by atoms with Crippen LogP contribution >= 0.6 is 0 Å². The van der Waals surface area contributed by atoms with E-state index < -0.39 is 12.2 Å². The number of hydrogen-bond acceptors (Lipinski definition) is 4. The van der Waals surface area contributed by atoms with Gasteiger partial charge in [-0.25, -0.2) is 0 Å². The Labute approximate surface area is 126 Å². The molecule has 0 heterocycles. The van der Waals surface area contributed by atoms with E-state index in [-0.39, 0.29) is 6.61 Å². The third-order valence-electron chi connectivity index (χ3n) is 4.18. The first-order valence-corrected chi connectivity index (χ1v) is 7.77. The van der Waals surface area contributed by atoms with E-state index in [9.17, 15) is 10.2 Å². The number of hydrogen-bond donors (Lipinski definition) is 2. The highest BCUT2D eigenvalue weighted by Crippen LogP contribution is 2.31. The molecule has 2 rings (SSSR count). The van der Waals surface area contributed by atoms with Crippen molar-refractivity contribution in [1.29, 1.82) is 0 Å². The van der Waals surface area contributed by atoms with Crippen LogP contribution in [0.3, 0.4) is 0 Å². The normalized spacial score (nSPS) is 18.5. The molecule has 1 saturated carbocycles. The van der Waals surface area contributed by atoms with Crippen LogP contribution in [-0.4, -0.2) is 30.0 Å². The Hall–Kier alpha value is -1.26. The second-order valence-corrected chi connectivity index (χ2v) is 5.93. The summed E-state index contributed by atoms with van der Waals surface area (Å²) in [6, 6.07) is 5.34. The molecule has 0 amide bonds. The molecule has 1 unspecified atom stereocenters. The minimum atomic E-state index is -0.613. The van der Waals surface area contributed by atoms with Crippen molar-refractivity contribution >= 4 is 0 Å². The molecule has 21 heavy (non-hydrogen) atoms. The summed E-state index contributed by atoms with van der Waals surface area (Å²) in [6.07, 6.45) is 4.72. The number of aliphatic hydroxyl groups is 2. The smallest absolute Gasteiger partial charge is 0.128 e. The quantitative estimate of drug-likeness (QED) is 0.811. The van der Waals surface area contributed by atoms with E-state index in [1.54, 1.807) is 32.2 Å². The van der Waals surface area contributed by atoms with E-state index in [2.05, 4.69) is 0 Å². The van der Waals surface area contributed by atoms with Crippen LogP contribution in [0.25, 0.3) is 0 Å². The Morgan fingerprint density at radius 1 is 1.24 bits per heavy atom. The van der Waals surface area contributed by atoms with Crippen LogP contribution in [0.4, 0.5) is 0 Å². The monoisotopic (exact) mass is 294 g/mol. The topological polar surface area (TPSA) is 58.9 Å². The van der Waals surface area contributed by atoms with Gasteiger partial charge < -0.3 is 19.7 Å². The fourth-order valence-corrected chi connectivity index (χ4v) is 3.00. The van der Waals surface area contributed by atoms with Gasteiger partial charge in [0, 0.05) is 11.6 Å². The molecular weight excluding hydrogens is 268 g/mol. The molecule has 1 aromatic carbocycles. The lowest BCUT2D eigenvalue weighted by molar-refractivity contribution is 0.0831. The zero-order valence-electron chi connectivity index (χ0n) is 12.9. The van der Waals surface area contributed by atoms with Gasteiger partial charge in [-0.1, -0.05) is 25.7 Å². The molecule has 1 aromatic rings. The van der Waals surface area contributed by atoms with Crippen LogP contribution in [0.15, 0.2) is 18.2 Å². The Morgan fingerprint density at radius 3 is 2.57 bits per heavy atom. The lowest BCUT2D eigenvalue weighted by Gasteiger charge is -2.19. The summed E-state index contributed by atoms with van der Waals surface area (Å²) < 4.78 is 10.9. The number of aliphatic hydroxyl groups excluding tert-OH is 2. The van der Waals surface area contributed by atoms with Crippen molar-refractivity contribution in [3.63, 3.8) is 0 Å². The maximum Gasteiger partial charge on any atom is 0.128 e. The maximum atomic E-state index is 10.1. The van der Waals surface area contributed by atoms with Crippen molar-refractivity contribution in [3.8, 4) is 11.5 Å². The SMILES string of the molecule is COc1ccc([C@@H](C)O)c(OCC(O)CC2CCCC2)c1. The summed E-state index contributed by atoms with van der Waals surface area (Å²) >= 11 is 0. The van der Waals surface area contributed by atoms with Gasteiger partial charge in [0.2, 0.25) is 0 Å². The minimum absolute atomic E-state index is 0.253. The van der Waals surface area contributed by atoms with Crippen molar-refractivity contribution in [2.45, 2.75) is 51.2 Å². The van der Waals surface area contributed by atoms with Gasteiger partial charge in [-0.3, -0.25) is 0 Å².